The average Bonchev–Trinajstić information content (AvgIpc) is 2.99. The zero-order valence-corrected chi connectivity index (χ0v) is 25.5. The van der Waals surface area contributed by atoms with Crippen LogP contribution in [-0.2, 0) is 29.9 Å². The smallest absolute Gasteiger partial charge is 0.408 e. The van der Waals surface area contributed by atoms with Crippen LogP contribution >= 0.6 is 11.8 Å². The Balaban J connectivity index is 1.48. The Morgan fingerprint density at radius 2 is 1.70 bits per heavy atom. The second-order valence-electron chi connectivity index (χ2n) is 10.8. The van der Waals surface area contributed by atoms with Gasteiger partial charge in [0, 0.05) is 17.3 Å². The lowest BCUT2D eigenvalue weighted by Crippen LogP contribution is -2.73. The zero-order chi connectivity index (χ0) is 30.6. The van der Waals surface area contributed by atoms with Crippen LogP contribution in [0.4, 0.5) is 4.79 Å². The van der Waals surface area contributed by atoms with Crippen molar-refractivity contribution >= 4 is 40.5 Å². The summed E-state index contributed by atoms with van der Waals surface area (Å²) in [6.07, 6.45) is 3.48. The highest BCUT2D eigenvalue weighted by Gasteiger charge is 2.57. The number of hydrogen-bond donors (Lipinski definition) is 1. The number of aromatic nitrogens is 1. The van der Waals surface area contributed by atoms with Crippen LogP contribution in [0.25, 0.3) is 0 Å². The second-order valence-corrected chi connectivity index (χ2v) is 13.4. The maximum atomic E-state index is 14.0. The molecule has 2 unspecified atom stereocenters. The molecule has 3 atom stereocenters. The van der Waals surface area contributed by atoms with E-state index in [9.17, 15) is 18.6 Å². The van der Waals surface area contributed by atoms with Crippen molar-refractivity contribution < 1.29 is 28.1 Å². The van der Waals surface area contributed by atoms with Crippen LogP contribution in [0.5, 0.6) is 0 Å². The summed E-state index contributed by atoms with van der Waals surface area (Å²) >= 11 is 1.37. The summed E-state index contributed by atoms with van der Waals surface area (Å²) in [5, 5.41) is 3.34. The van der Waals surface area contributed by atoms with Crippen molar-refractivity contribution in [3.05, 3.63) is 119 Å². The molecule has 1 fully saturated rings. The number of rotatable bonds is 8. The Kier molecular flexibility index (Phi) is 9.12. The molecular formula is C32H31N3O6S2. The quantitative estimate of drug-likeness (QED) is 0.211. The third-order valence-electron chi connectivity index (χ3n) is 6.56. The number of β-lactam (4-membered cyclic amide) rings is 1. The molecule has 2 aliphatic rings. The van der Waals surface area contributed by atoms with Crippen molar-refractivity contribution in [2.75, 3.05) is 5.75 Å². The number of carbonyl (C=O) groups is 3. The van der Waals surface area contributed by atoms with E-state index in [2.05, 4.69) is 10.3 Å². The number of fused-ring (bicyclic) bond motifs is 1. The van der Waals surface area contributed by atoms with Crippen LogP contribution in [0.15, 0.2) is 113 Å². The Labute approximate surface area is 256 Å². The third-order valence-corrected chi connectivity index (χ3v) is 8.96. The van der Waals surface area contributed by atoms with Crippen LogP contribution in [0, 0.1) is 0 Å². The Morgan fingerprint density at radius 3 is 2.28 bits per heavy atom. The Hall–Kier alpha value is -4.22. The standard InChI is InChI=1S/C32H31N3O6S2/c1-32(2,3)41-31(38)34-25-28(36)35-26(23(20-43(39)29(25)35)16-18-42-24-15-10-17-33-19-24)30(37)40-27(21-11-6-4-7-12-21)22-13-8-5-9-14-22/h4-19,25,27,29H,20H2,1-3H3,(H,34,38)/t25?,29-,43?/m0/s1. The average molecular weight is 618 g/mol. The molecule has 2 aliphatic heterocycles. The highest BCUT2D eigenvalue weighted by molar-refractivity contribution is 8.02. The first kappa shape index (κ1) is 30.2. The molecule has 0 saturated carbocycles. The number of hydrogen-bond acceptors (Lipinski definition) is 8. The van der Waals surface area contributed by atoms with Crippen molar-refractivity contribution in [1.29, 1.82) is 0 Å². The molecule has 9 nitrogen and oxygen atoms in total. The van der Waals surface area contributed by atoms with E-state index in [0.29, 0.717) is 5.57 Å². The fraction of sp³-hybridized carbons (Fsp3) is 0.250. The molecule has 3 heterocycles. The van der Waals surface area contributed by atoms with Crippen LogP contribution < -0.4 is 5.32 Å². The van der Waals surface area contributed by atoms with Gasteiger partial charge in [-0.1, -0.05) is 72.4 Å². The lowest BCUT2D eigenvalue weighted by molar-refractivity contribution is -0.153. The van der Waals surface area contributed by atoms with Gasteiger partial charge in [0.15, 0.2) is 6.10 Å². The van der Waals surface area contributed by atoms with Crippen LogP contribution in [-0.4, -0.2) is 54.8 Å². The van der Waals surface area contributed by atoms with E-state index in [1.807, 2.05) is 72.8 Å². The number of ether oxygens (including phenoxy) is 2. The lowest BCUT2D eigenvalue weighted by atomic mass is 10.0. The largest absolute Gasteiger partial charge is 0.448 e. The highest BCUT2D eigenvalue weighted by atomic mass is 32.2. The predicted molar refractivity (Wildman–Crippen MR) is 164 cm³/mol. The number of carbonyl (C=O) groups excluding carboxylic acids is 3. The first-order valence-electron chi connectivity index (χ1n) is 13.6. The van der Waals surface area contributed by atoms with Crippen LogP contribution in [0.1, 0.15) is 38.0 Å². The van der Waals surface area contributed by atoms with Crippen molar-refractivity contribution in [2.45, 2.75) is 48.8 Å². The molecule has 2 aromatic carbocycles. The predicted octanol–water partition coefficient (Wildman–Crippen LogP) is 5.10. The van der Waals surface area contributed by atoms with E-state index in [0.717, 1.165) is 16.0 Å². The minimum Gasteiger partial charge on any atom is -0.448 e. The van der Waals surface area contributed by atoms with Gasteiger partial charge in [0.1, 0.15) is 22.7 Å². The number of alkyl carbamates (subject to hydrolysis) is 1. The normalized spacial score (nSPS) is 20.0. The molecule has 2 amide bonds. The Morgan fingerprint density at radius 1 is 1.05 bits per heavy atom. The van der Waals surface area contributed by atoms with Gasteiger partial charge >= 0.3 is 12.1 Å². The number of nitrogens with zero attached hydrogens (tertiary/aromatic N) is 2. The fourth-order valence-electron chi connectivity index (χ4n) is 4.72. The molecule has 1 saturated heterocycles. The van der Waals surface area contributed by atoms with E-state index in [4.69, 9.17) is 9.47 Å². The maximum absolute atomic E-state index is 14.0. The van der Waals surface area contributed by atoms with Gasteiger partial charge in [-0.25, -0.2) is 9.59 Å². The summed E-state index contributed by atoms with van der Waals surface area (Å²) < 4.78 is 24.9. The molecule has 1 aromatic heterocycles. The first-order chi connectivity index (χ1) is 20.6. The van der Waals surface area contributed by atoms with Gasteiger partial charge < -0.3 is 14.8 Å². The van der Waals surface area contributed by atoms with Crippen molar-refractivity contribution in [3.63, 3.8) is 0 Å². The topological polar surface area (TPSA) is 115 Å². The molecule has 0 spiro atoms. The zero-order valence-electron chi connectivity index (χ0n) is 23.8. The molecule has 5 rings (SSSR count). The van der Waals surface area contributed by atoms with E-state index in [1.165, 1.54) is 16.7 Å². The van der Waals surface area contributed by atoms with Gasteiger partial charge in [0.2, 0.25) is 0 Å². The van der Waals surface area contributed by atoms with E-state index >= 15 is 0 Å². The molecule has 222 valence electrons. The number of benzene rings is 2. The monoisotopic (exact) mass is 617 g/mol. The SMILES string of the molecule is CC(C)(C)OC(=O)NC1C(=O)N2C(C(=O)OC(c3ccccc3)c3ccccc3)=C(C=CSc3cccnc3)CS(=O)[C@@H]12. The highest BCUT2D eigenvalue weighted by Crippen LogP contribution is 2.38. The molecular weight excluding hydrogens is 587 g/mol. The summed E-state index contributed by atoms with van der Waals surface area (Å²) in [5.41, 5.74) is 1.10. The van der Waals surface area contributed by atoms with E-state index < -0.39 is 51.9 Å². The second kappa shape index (κ2) is 13.0. The number of nitrogens with one attached hydrogen (secondary N) is 1. The van der Waals surface area contributed by atoms with E-state index in [1.54, 1.807) is 44.6 Å². The lowest BCUT2D eigenvalue weighted by Gasteiger charge is -2.49. The minimum absolute atomic E-state index is 0.00302. The van der Waals surface area contributed by atoms with Crippen molar-refractivity contribution in [3.8, 4) is 0 Å². The summed E-state index contributed by atoms with van der Waals surface area (Å²) in [6, 6.07) is 21.2. The fourth-order valence-corrected chi connectivity index (χ4v) is 7.03. The van der Waals surface area contributed by atoms with Gasteiger partial charge in [0.05, 0.1) is 16.6 Å². The number of esters is 1. The number of pyridine rings is 1. The maximum Gasteiger partial charge on any atom is 0.408 e. The number of thioether (sulfide) groups is 1. The van der Waals surface area contributed by atoms with Crippen molar-refractivity contribution in [2.24, 2.45) is 0 Å². The number of allylic oxidation sites excluding steroid dienone is 1. The van der Waals surface area contributed by atoms with Gasteiger partial charge in [0.25, 0.3) is 5.91 Å². The Bertz CT molecular complexity index is 1530. The minimum atomic E-state index is -1.62. The van der Waals surface area contributed by atoms with Gasteiger partial charge in [-0.15, -0.1) is 0 Å². The van der Waals surface area contributed by atoms with Crippen molar-refractivity contribution in [1.82, 2.24) is 15.2 Å². The third kappa shape index (κ3) is 7.06. The molecule has 1 N–H and O–H groups in total. The summed E-state index contributed by atoms with van der Waals surface area (Å²) in [6.45, 7) is 5.11. The van der Waals surface area contributed by atoms with Crippen LogP contribution in [0.2, 0.25) is 0 Å². The van der Waals surface area contributed by atoms with Crippen LogP contribution in [0.3, 0.4) is 0 Å². The summed E-state index contributed by atoms with van der Waals surface area (Å²) in [7, 11) is -1.62. The van der Waals surface area contributed by atoms with Gasteiger partial charge in [-0.05, 0) is 61.1 Å². The molecule has 43 heavy (non-hydrogen) atoms. The summed E-state index contributed by atoms with van der Waals surface area (Å²) in [4.78, 5) is 46.1. The van der Waals surface area contributed by atoms with E-state index in [-0.39, 0.29) is 11.4 Å². The molecule has 0 bridgehead atoms. The summed E-state index contributed by atoms with van der Waals surface area (Å²) in [5.74, 6) is -1.33. The van der Waals surface area contributed by atoms with Gasteiger partial charge in [-0.2, -0.15) is 0 Å². The molecule has 0 aliphatic carbocycles. The molecule has 3 aromatic rings. The first-order valence-corrected chi connectivity index (χ1v) is 15.9. The molecule has 11 heteroatoms. The van der Waals surface area contributed by atoms with Gasteiger partial charge in [-0.3, -0.25) is 18.9 Å². The molecule has 0 radical (unpaired) electrons. The number of amides is 2.